The first-order chi connectivity index (χ1) is 13.5. The van der Waals surface area contributed by atoms with Crippen LogP contribution in [0.15, 0.2) is 30.3 Å². The number of halogens is 1. The molecule has 5 nitrogen and oxygen atoms in total. The van der Waals surface area contributed by atoms with E-state index in [2.05, 4.69) is 0 Å². The molecule has 0 amide bonds. The largest absolute Gasteiger partial charge is 0.493 e. The molecule has 0 radical (unpaired) electrons. The summed E-state index contributed by atoms with van der Waals surface area (Å²) in [6.45, 7) is 5.62. The van der Waals surface area contributed by atoms with Crippen LogP contribution in [0.2, 0.25) is 0 Å². The molecular formula is C22H29FO5. The normalized spacial score (nSPS) is 11.1. The molecule has 0 unspecified atom stereocenters. The molecule has 2 aromatic rings. The van der Waals surface area contributed by atoms with Gasteiger partial charge in [-0.05, 0) is 40.8 Å². The number of aliphatic hydroxyl groups is 1. The second-order valence-corrected chi connectivity index (χ2v) is 6.62. The van der Waals surface area contributed by atoms with Crippen molar-refractivity contribution in [2.45, 2.75) is 26.4 Å². The molecular weight excluding hydrogens is 363 g/mol. The molecule has 0 saturated carbocycles. The van der Waals surface area contributed by atoms with Crippen molar-refractivity contribution in [3.05, 3.63) is 47.3 Å². The zero-order valence-electron chi connectivity index (χ0n) is 17.0. The van der Waals surface area contributed by atoms with Crippen molar-refractivity contribution < 1.29 is 28.4 Å². The summed E-state index contributed by atoms with van der Waals surface area (Å²) >= 11 is 0. The predicted molar refractivity (Wildman–Crippen MR) is 107 cm³/mol. The standard InChI is InChI=1S/C22H29FO5/c1-15(2)18-13-20(26-4)22(28-12-11-27-10-9-25-3)21(19(18)14-24)16-5-7-17(23)8-6-16/h5-8,13,15,24H,9-12,14H2,1-4H3. The number of benzene rings is 2. The molecule has 0 aliphatic heterocycles. The zero-order valence-corrected chi connectivity index (χ0v) is 17.0. The van der Waals surface area contributed by atoms with Gasteiger partial charge in [0.15, 0.2) is 11.5 Å². The maximum absolute atomic E-state index is 13.5. The number of hydrogen-bond acceptors (Lipinski definition) is 5. The molecule has 0 bridgehead atoms. The summed E-state index contributed by atoms with van der Waals surface area (Å²) in [5, 5.41) is 10.1. The van der Waals surface area contributed by atoms with Gasteiger partial charge in [0.1, 0.15) is 12.4 Å². The van der Waals surface area contributed by atoms with Crippen molar-refractivity contribution in [2.24, 2.45) is 0 Å². The minimum Gasteiger partial charge on any atom is -0.493 e. The maximum Gasteiger partial charge on any atom is 0.169 e. The average Bonchev–Trinajstić information content (AvgIpc) is 2.70. The quantitative estimate of drug-likeness (QED) is 0.582. The van der Waals surface area contributed by atoms with E-state index in [1.54, 1.807) is 26.4 Å². The van der Waals surface area contributed by atoms with E-state index in [1.807, 2.05) is 19.9 Å². The Labute approximate surface area is 166 Å². The van der Waals surface area contributed by atoms with E-state index >= 15 is 0 Å². The topological polar surface area (TPSA) is 57.2 Å². The smallest absolute Gasteiger partial charge is 0.169 e. The van der Waals surface area contributed by atoms with Gasteiger partial charge >= 0.3 is 0 Å². The lowest BCUT2D eigenvalue weighted by Gasteiger charge is -2.23. The van der Waals surface area contributed by atoms with Crippen LogP contribution in [0.5, 0.6) is 11.5 Å². The van der Waals surface area contributed by atoms with Crippen LogP contribution in [-0.2, 0) is 16.1 Å². The van der Waals surface area contributed by atoms with Gasteiger partial charge in [-0.1, -0.05) is 26.0 Å². The zero-order chi connectivity index (χ0) is 20.5. The van der Waals surface area contributed by atoms with Gasteiger partial charge < -0.3 is 24.1 Å². The van der Waals surface area contributed by atoms with Crippen LogP contribution >= 0.6 is 0 Å². The highest BCUT2D eigenvalue weighted by Crippen LogP contribution is 2.44. The van der Waals surface area contributed by atoms with Gasteiger partial charge in [-0.15, -0.1) is 0 Å². The fourth-order valence-electron chi connectivity index (χ4n) is 3.05. The lowest BCUT2D eigenvalue weighted by atomic mass is 9.89. The van der Waals surface area contributed by atoms with Crippen LogP contribution in [0.3, 0.4) is 0 Å². The SMILES string of the molecule is COCCOCCOc1c(OC)cc(C(C)C)c(CO)c1-c1ccc(F)cc1. The molecule has 2 rings (SSSR count). The summed E-state index contributed by atoms with van der Waals surface area (Å²) in [6.07, 6.45) is 0. The van der Waals surface area contributed by atoms with E-state index in [0.717, 1.165) is 16.7 Å². The van der Waals surface area contributed by atoms with Crippen molar-refractivity contribution >= 4 is 0 Å². The van der Waals surface area contributed by atoms with Crippen LogP contribution in [0.4, 0.5) is 4.39 Å². The third-order valence-corrected chi connectivity index (χ3v) is 4.43. The Kier molecular flexibility index (Phi) is 8.70. The minimum absolute atomic E-state index is 0.162. The Bertz CT molecular complexity index is 744. The van der Waals surface area contributed by atoms with Crippen LogP contribution < -0.4 is 9.47 Å². The highest BCUT2D eigenvalue weighted by atomic mass is 19.1. The first-order valence-electron chi connectivity index (χ1n) is 9.33. The molecule has 1 N–H and O–H groups in total. The first-order valence-corrected chi connectivity index (χ1v) is 9.33. The summed E-state index contributed by atoms with van der Waals surface area (Å²) in [4.78, 5) is 0. The van der Waals surface area contributed by atoms with E-state index in [1.165, 1.54) is 12.1 Å². The van der Waals surface area contributed by atoms with Crippen LogP contribution in [0.25, 0.3) is 11.1 Å². The number of aliphatic hydroxyl groups excluding tert-OH is 1. The highest BCUT2D eigenvalue weighted by Gasteiger charge is 2.22. The van der Waals surface area contributed by atoms with Crippen molar-refractivity contribution in [2.75, 3.05) is 40.6 Å². The third kappa shape index (κ3) is 5.44. The van der Waals surface area contributed by atoms with E-state index < -0.39 is 0 Å². The predicted octanol–water partition coefficient (Wildman–Crippen LogP) is 4.16. The molecule has 0 aromatic heterocycles. The van der Waals surface area contributed by atoms with Crippen LogP contribution in [0, 0.1) is 5.82 Å². The third-order valence-electron chi connectivity index (χ3n) is 4.43. The van der Waals surface area contributed by atoms with Crippen LogP contribution in [0.1, 0.15) is 30.9 Å². The van der Waals surface area contributed by atoms with E-state index in [4.69, 9.17) is 18.9 Å². The highest BCUT2D eigenvalue weighted by molar-refractivity contribution is 5.79. The van der Waals surface area contributed by atoms with Crippen molar-refractivity contribution in [1.29, 1.82) is 0 Å². The Balaban J connectivity index is 2.46. The average molecular weight is 392 g/mol. The lowest BCUT2D eigenvalue weighted by molar-refractivity contribution is 0.0540. The van der Waals surface area contributed by atoms with Crippen molar-refractivity contribution in [1.82, 2.24) is 0 Å². The number of methoxy groups -OCH3 is 2. The minimum atomic E-state index is -0.324. The van der Waals surface area contributed by atoms with Crippen molar-refractivity contribution in [3.63, 3.8) is 0 Å². The van der Waals surface area contributed by atoms with Gasteiger partial charge in [0.2, 0.25) is 0 Å². The van der Waals surface area contributed by atoms with E-state index in [-0.39, 0.29) is 18.3 Å². The number of rotatable bonds is 11. The fraction of sp³-hybridized carbons (Fsp3) is 0.455. The Morgan fingerprint density at radius 2 is 1.68 bits per heavy atom. The molecule has 0 spiro atoms. The molecule has 154 valence electrons. The Morgan fingerprint density at radius 1 is 1.00 bits per heavy atom. The molecule has 0 fully saturated rings. The summed E-state index contributed by atoms with van der Waals surface area (Å²) in [7, 11) is 3.20. The van der Waals surface area contributed by atoms with Crippen molar-refractivity contribution in [3.8, 4) is 22.6 Å². The molecule has 0 heterocycles. The van der Waals surface area contributed by atoms with Gasteiger partial charge in [0.25, 0.3) is 0 Å². The molecule has 0 aliphatic carbocycles. The number of ether oxygens (including phenoxy) is 4. The number of hydrogen-bond donors (Lipinski definition) is 1. The molecule has 0 aliphatic rings. The second kappa shape index (κ2) is 11.0. The molecule has 6 heteroatoms. The summed E-state index contributed by atoms with van der Waals surface area (Å²) in [5.41, 5.74) is 3.17. The first kappa shape index (κ1) is 22.1. The van der Waals surface area contributed by atoms with E-state index in [9.17, 15) is 9.50 Å². The van der Waals surface area contributed by atoms with Gasteiger partial charge in [-0.2, -0.15) is 0 Å². The molecule has 0 saturated heterocycles. The monoisotopic (exact) mass is 392 g/mol. The van der Waals surface area contributed by atoms with Crippen LogP contribution in [-0.4, -0.2) is 45.8 Å². The molecule has 0 atom stereocenters. The molecule has 28 heavy (non-hydrogen) atoms. The molecule has 2 aromatic carbocycles. The summed E-state index contributed by atoms with van der Waals surface area (Å²) < 4.78 is 35.4. The Hall–Kier alpha value is -2.15. The van der Waals surface area contributed by atoms with Gasteiger partial charge in [-0.25, -0.2) is 4.39 Å². The van der Waals surface area contributed by atoms with E-state index in [0.29, 0.717) is 43.5 Å². The fourth-order valence-corrected chi connectivity index (χ4v) is 3.05. The Morgan fingerprint density at radius 3 is 2.25 bits per heavy atom. The lowest BCUT2D eigenvalue weighted by Crippen LogP contribution is -2.12. The van der Waals surface area contributed by atoms with Gasteiger partial charge in [-0.3, -0.25) is 0 Å². The van der Waals surface area contributed by atoms with Gasteiger partial charge in [0.05, 0.1) is 33.5 Å². The maximum atomic E-state index is 13.5. The second-order valence-electron chi connectivity index (χ2n) is 6.62. The summed E-state index contributed by atoms with van der Waals surface area (Å²) in [5.74, 6) is 0.923. The summed E-state index contributed by atoms with van der Waals surface area (Å²) in [6, 6.07) is 8.03. The van der Waals surface area contributed by atoms with Gasteiger partial charge in [0, 0.05) is 12.7 Å².